The Labute approximate surface area is 156 Å². The maximum atomic E-state index is 9.86. The summed E-state index contributed by atoms with van der Waals surface area (Å²) in [6.07, 6.45) is 4.93. The van der Waals surface area contributed by atoms with Gasteiger partial charge in [-0.2, -0.15) is 0 Å². The molecule has 0 aromatic carbocycles. The van der Waals surface area contributed by atoms with Crippen LogP contribution in [-0.4, -0.2) is 38.0 Å². The number of aliphatic imine (C=N–C) groups is 1. The Morgan fingerprint density at radius 2 is 2.04 bits per heavy atom. The van der Waals surface area contributed by atoms with Gasteiger partial charge < -0.3 is 9.67 Å². The van der Waals surface area contributed by atoms with Gasteiger partial charge in [-0.25, -0.2) is 4.98 Å². The lowest BCUT2D eigenvalue weighted by molar-refractivity contribution is 0.194. The van der Waals surface area contributed by atoms with Crippen molar-refractivity contribution in [1.29, 1.82) is 0 Å². The number of aryl methyl sites for hydroxylation is 1. The Kier molecular flexibility index (Phi) is 5.20. The molecule has 5 nitrogen and oxygen atoms in total. The van der Waals surface area contributed by atoms with Crippen LogP contribution in [0.15, 0.2) is 17.3 Å². The van der Waals surface area contributed by atoms with Crippen molar-refractivity contribution in [2.75, 3.05) is 6.61 Å². The van der Waals surface area contributed by atoms with Gasteiger partial charge in [0.05, 0.1) is 24.6 Å². The minimum Gasteiger partial charge on any atom is -0.394 e. The van der Waals surface area contributed by atoms with Crippen molar-refractivity contribution in [2.45, 2.75) is 65.3 Å². The number of aliphatic hydroxyl groups is 1. The summed E-state index contributed by atoms with van der Waals surface area (Å²) in [6.45, 7) is 11.1. The topological polar surface area (TPSA) is 63.3 Å². The van der Waals surface area contributed by atoms with E-state index in [1.54, 1.807) is 0 Å². The van der Waals surface area contributed by atoms with Crippen LogP contribution < -0.4 is 0 Å². The summed E-state index contributed by atoms with van der Waals surface area (Å²) in [7, 11) is 2.06. The Hall–Kier alpha value is -1.75. The average molecular weight is 357 g/mol. The fourth-order valence-electron chi connectivity index (χ4n) is 4.14. The maximum absolute atomic E-state index is 9.86. The van der Waals surface area contributed by atoms with Gasteiger partial charge in [-0.1, -0.05) is 34.6 Å². The fourth-order valence-corrected chi connectivity index (χ4v) is 4.14. The van der Waals surface area contributed by atoms with E-state index >= 15 is 0 Å². The van der Waals surface area contributed by atoms with Crippen molar-refractivity contribution < 1.29 is 5.11 Å². The summed E-state index contributed by atoms with van der Waals surface area (Å²) in [5.41, 5.74) is 4.93. The average Bonchev–Trinajstić information content (AvgIpc) is 2.78. The molecule has 0 aliphatic carbocycles. The van der Waals surface area contributed by atoms with Crippen LogP contribution in [0, 0.1) is 11.8 Å². The highest BCUT2D eigenvalue weighted by Crippen LogP contribution is 2.30. The number of hydrogen-bond acceptors (Lipinski definition) is 4. The zero-order valence-electron chi connectivity index (χ0n) is 17.0. The lowest BCUT2D eigenvalue weighted by atomic mass is 9.85. The van der Waals surface area contributed by atoms with E-state index in [1.165, 1.54) is 5.69 Å². The van der Waals surface area contributed by atoms with Crippen LogP contribution in [0.4, 0.5) is 0 Å². The summed E-state index contributed by atoms with van der Waals surface area (Å²) in [5, 5.41) is 9.86. The third-order valence-corrected chi connectivity index (χ3v) is 5.61. The Bertz CT molecular complexity index is 813. The van der Waals surface area contributed by atoms with Crippen molar-refractivity contribution >= 4 is 16.9 Å². The van der Waals surface area contributed by atoms with Gasteiger partial charge in [-0.05, 0) is 37.2 Å². The van der Waals surface area contributed by atoms with Gasteiger partial charge >= 0.3 is 0 Å². The van der Waals surface area contributed by atoms with Crippen molar-refractivity contribution in [1.82, 2.24) is 14.5 Å². The largest absolute Gasteiger partial charge is 0.394 e. The Balaban J connectivity index is 2.03. The van der Waals surface area contributed by atoms with E-state index in [-0.39, 0.29) is 18.1 Å². The molecule has 0 saturated carbocycles. The van der Waals surface area contributed by atoms with Gasteiger partial charge in [-0.3, -0.25) is 9.98 Å². The molecule has 142 valence electrons. The zero-order chi connectivity index (χ0) is 19.1. The third kappa shape index (κ3) is 3.54. The first-order valence-electron chi connectivity index (χ1n) is 9.73. The molecule has 2 atom stereocenters. The van der Waals surface area contributed by atoms with E-state index < -0.39 is 0 Å². The molecule has 3 rings (SSSR count). The van der Waals surface area contributed by atoms with Crippen LogP contribution >= 0.6 is 0 Å². The number of rotatable bonds is 3. The molecule has 26 heavy (non-hydrogen) atoms. The van der Waals surface area contributed by atoms with Crippen molar-refractivity contribution in [2.24, 2.45) is 23.9 Å². The van der Waals surface area contributed by atoms with Crippen molar-refractivity contribution in [3.63, 3.8) is 0 Å². The summed E-state index contributed by atoms with van der Waals surface area (Å²) in [5.74, 6) is 0.947. The summed E-state index contributed by atoms with van der Waals surface area (Å²) >= 11 is 0. The van der Waals surface area contributed by atoms with E-state index in [0.717, 1.165) is 41.8 Å². The van der Waals surface area contributed by atoms with E-state index in [2.05, 4.69) is 57.3 Å². The first-order valence-corrected chi connectivity index (χ1v) is 9.73. The van der Waals surface area contributed by atoms with Crippen molar-refractivity contribution in [3.05, 3.63) is 23.7 Å². The van der Waals surface area contributed by atoms with E-state index in [0.29, 0.717) is 11.8 Å². The van der Waals surface area contributed by atoms with Crippen LogP contribution in [0.25, 0.3) is 11.2 Å². The van der Waals surface area contributed by atoms with E-state index in [9.17, 15) is 5.11 Å². The highest BCUT2D eigenvalue weighted by molar-refractivity contribution is 6.00. The zero-order valence-corrected chi connectivity index (χ0v) is 17.0. The molecule has 0 bridgehead atoms. The number of nitrogens with zero attached hydrogens (tertiary/aromatic N) is 4. The minimum atomic E-state index is -0.0384. The highest BCUT2D eigenvalue weighted by atomic mass is 16.3. The summed E-state index contributed by atoms with van der Waals surface area (Å²) in [6, 6.07) is 2.09. The van der Waals surface area contributed by atoms with Gasteiger partial charge in [0.1, 0.15) is 11.2 Å². The molecule has 3 heterocycles. The predicted molar refractivity (Wildman–Crippen MR) is 107 cm³/mol. The smallest absolute Gasteiger partial charge is 0.159 e. The highest BCUT2D eigenvalue weighted by Gasteiger charge is 2.27. The molecule has 0 saturated heterocycles. The molecule has 0 radical (unpaired) electrons. The van der Waals surface area contributed by atoms with Gasteiger partial charge in [0.25, 0.3) is 0 Å². The number of aromatic nitrogens is 3. The van der Waals surface area contributed by atoms with Crippen LogP contribution in [0.1, 0.15) is 65.3 Å². The minimum absolute atomic E-state index is 0.0384. The quantitative estimate of drug-likeness (QED) is 0.908. The van der Waals surface area contributed by atoms with Crippen LogP contribution in [-0.2, 0) is 12.5 Å². The monoisotopic (exact) mass is 356 g/mol. The molecule has 0 fully saturated rings. The van der Waals surface area contributed by atoms with E-state index in [1.807, 2.05) is 6.20 Å². The number of aliphatic hydroxyl groups excluding tert-OH is 1. The first-order chi connectivity index (χ1) is 12.2. The van der Waals surface area contributed by atoms with Gasteiger partial charge in [-0.15, -0.1) is 0 Å². The lowest BCUT2D eigenvalue weighted by Crippen LogP contribution is -2.26. The number of fused-ring (bicyclic) bond motifs is 1. The molecular formula is C21H32N4O. The lowest BCUT2D eigenvalue weighted by Gasteiger charge is -2.24. The van der Waals surface area contributed by atoms with Gasteiger partial charge in [0.2, 0.25) is 0 Å². The maximum Gasteiger partial charge on any atom is 0.159 e. The third-order valence-electron chi connectivity index (χ3n) is 5.61. The SMILES string of the molecule is CC(C)[C@@H]1CCCC(c2cnc3cc(C(C)(C)C)n(C)c3n2)=N[C@H]1CO. The fraction of sp³-hybridized carbons (Fsp3) is 0.667. The molecule has 1 aliphatic heterocycles. The molecule has 0 amide bonds. The summed E-state index contributed by atoms with van der Waals surface area (Å²) in [4.78, 5) is 14.5. The second kappa shape index (κ2) is 7.10. The molecule has 0 unspecified atom stereocenters. The second-order valence-electron chi connectivity index (χ2n) is 8.93. The summed E-state index contributed by atoms with van der Waals surface area (Å²) < 4.78 is 2.14. The predicted octanol–water partition coefficient (Wildman–Crippen LogP) is 3.87. The molecule has 2 aromatic heterocycles. The standard InChI is InChI=1S/C21H32N4O/c1-13(2)14-8-7-9-15(23-18(14)12-26)17-11-22-16-10-19(21(3,4)5)25(6)20(16)24-17/h10-11,13-14,18,26H,7-9,12H2,1-6H3/t14-,18-/m0/s1. The van der Waals surface area contributed by atoms with Gasteiger partial charge in [0.15, 0.2) is 5.65 Å². The second-order valence-corrected chi connectivity index (χ2v) is 8.93. The Morgan fingerprint density at radius 1 is 1.31 bits per heavy atom. The number of hydrogen-bond donors (Lipinski definition) is 1. The molecule has 1 aliphatic rings. The van der Waals surface area contributed by atoms with Crippen LogP contribution in [0.5, 0.6) is 0 Å². The Morgan fingerprint density at radius 3 is 2.65 bits per heavy atom. The molecule has 5 heteroatoms. The molecular weight excluding hydrogens is 324 g/mol. The van der Waals surface area contributed by atoms with Crippen LogP contribution in [0.2, 0.25) is 0 Å². The normalized spacial score (nSPS) is 21.9. The first kappa shape index (κ1) is 19.0. The molecule has 2 aromatic rings. The van der Waals surface area contributed by atoms with Gasteiger partial charge in [0, 0.05) is 18.2 Å². The van der Waals surface area contributed by atoms with Crippen molar-refractivity contribution in [3.8, 4) is 0 Å². The van der Waals surface area contributed by atoms with Crippen LogP contribution in [0.3, 0.4) is 0 Å². The van der Waals surface area contributed by atoms with E-state index in [4.69, 9.17) is 9.98 Å². The molecule has 0 spiro atoms. The molecule has 1 N–H and O–H groups in total.